The van der Waals surface area contributed by atoms with E-state index in [0.29, 0.717) is 36.8 Å². The van der Waals surface area contributed by atoms with Gasteiger partial charge in [-0.05, 0) is 35.9 Å². The van der Waals surface area contributed by atoms with Crippen LogP contribution in [0.3, 0.4) is 0 Å². The number of hydrogen-bond acceptors (Lipinski definition) is 7. The van der Waals surface area contributed by atoms with Crippen LogP contribution in [0.15, 0.2) is 41.9 Å². The Morgan fingerprint density at radius 3 is 2.82 bits per heavy atom. The van der Waals surface area contributed by atoms with Gasteiger partial charge in [-0.25, -0.2) is 9.78 Å². The second kappa shape index (κ2) is 7.85. The molecule has 1 aromatic heterocycles. The molecular formula is C20H18N2O5S. The van der Waals surface area contributed by atoms with Crippen molar-refractivity contribution in [2.45, 2.75) is 6.54 Å². The lowest BCUT2D eigenvalue weighted by Gasteiger charge is -2.21. The van der Waals surface area contributed by atoms with Crippen LogP contribution in [0.25, 0.3) is 10.2 Å². The van der Waals surface area contributed by atoms with Crippen molar-refractivity contribution in [1.29, 1.82) is 0 Å². The van der Waals surface area contributed by atoms with Crippen molar-refractivity contribution in [3.05, 3.63) is 53.0 Å². The molecule has 1 amide bonds. The van der Waals surface area contributed by atoms with Crippen LogP contribution >= 0.6 is 11.3 Å². The largest absolute Gasteiger partial charge is 0.486 e. The normalized spacial score (nSPS) is 12.6. The third-order valence-corrected chi connectivity index (χ3v) is 5.14. The standard InChI is InChI=1S/C20H18N2O5S/c1-22(10-13-2-5-16-17(8-13)26-7-6-25-16)19(23)11-27-20(24)14-3-4-15-18(9-14)28-12-21-15/h2-5,8-9,12H,6-7,10-11H2,1H3. The quantitative estimate of drug-likeness (QED) is 0.615. The van der Waals surface area contributed by atoms with Crippen molar-refractivity contribution in [1.82, 2.24) is 9.88 Å². The second-order valence-electron chi connectivity index (χ2n) is 6.34. The number of amides is 1. The Bertz CT molecular complexity index is 1030. The van der Waals surface area contributed by atoms with E-state index >= 15 is 0 Å². The molecule has 144 valence electrons. The third-order valence-electron chi connectivity index (χ3n) is 4.35. The van der Waals surface area contributed by atoms with Gasteiger partial charge in [0.05, 0.1) is 21.3 Å². The molecule has 2 heterocycles. The van der Waals surface area contributed by atoms with Gasteiger partial charge in [-0.15, -0.1) is 11.3 Å². The summed E-state index contributed by atoms with van der Waals surface area (Å²) >= 11 is 1.45. The fourth-order valence-electron chi connectivity index (χ4n) is 2.85. The Hall–Kier alpha value is -3.13. The lowest BCUT2D eigenvalue weighted by Crippen LogP contribution is -2.30. The molecule has 0 saturated carbocycles. The highest BCUT2D eigenvalue weighted by Crippen LogP contribution is 2.31. The van der Waals surface area contributed by atoms with Gasteiger partial charge in [0.15, 0.2) is 18.1 Å². The van der Waals surface area contributed by atoms with Crippen LogP contribution in [0.5, 0.6) is 11.5 Å². The minimum absolute atomic E-state index is 0.290. The average Bonchev–Trinajstić information content (AvgIpc) is 3.19. The first kappa shape index (κ1) is 18.2. The Morgan fingerprint density at radius 2 is 1.96 bits per heavy atom. The van der Waals surface area contributed by atoms with Gasteiger partial charge in [-0.3, -0.25) is 4.79 Å². The summed E-state index contributed by atoms with van der Waals surface area (Å²) in [7, 11) is 1.66. The van der Waals surface area contributed by atoms with Crippen LogP contribution in [0.1, 0.15) is 15.9 Å². The van der Waals surface area contributed by atoms with Gasteiger partial charge in [0, 0.05) is 13.6 Å². The Kier molecular flexibility index (Phi) is 5.12. The second-order valence-corrected chi connectivity index (χ2v) is 7.23. The van der Waals surface area contributed by atoms with E-state index in [0.717, 1.165) is 15.8 Å². The fourth-order valence-corrected chi connectivity index (χ4v) is 3.57. The van der Waals surface area contributed by atoms with Crippen molar-refractivity contribution < 1.29 is 23.8 Å². The Morgan fingerprint density at radius 1 is 1.14 bits per heavy atom. The molecule has 1 aliphatic rings. The number of benzene rings is 2. The van der Waals surface area contributed by atoms with Crippen LogP contribution in [0.2, 0.25) is 0 Å². The predicted molar refractivity (Wildman–Crippen MR) is 104 cm³/mol. The maximum absolute atomic E-state index is 12.3. The number of fused-ring (bicyclic) bond motifs is 2. The zero-order chi connectivity index (χ0) is 19.5. The highest BCUT2D eigenvalue weighted by atomic mass is 32.1. The molecule has 28 heavy (non-hydrogen) atoms. The number of carbonyl (C=O) groups excluding carboxylic acids is 2. The zero-order valence-corrected chi connectivity index (χ0v) is 16.0. The van der Waals surface area contributed by atoms with E-state index in [-0.39, 0.29) is 12.5 Å². The lowest BCUT2D eigenvalue weighted by molar-refractivity contribution is -0.133. The number of thiazole rings is 1. The number of aromatic nitrogens is 1. The molecule has 0 fully saturated rings. The summed E-state index contributed by atoms with van der Waals surface area (Å²) in [4.78, 5) is 30.2. The first-order valence-corrected chi connectivity index (χ1v) is 9.61. The molecule has 8 heteroatoms. The first-order valence-electron chi connectivity index (χ1n) is 8.73. The number of likely N-dealkylation sites (N-methyl/N-ethyl adjacent to an activating group) is 1. The average molecular weight is 398 g/mol. The van der Waals surface area contributed by atoms with Crippen molar-refractivity contribution in [3.63, 3.8) is 0 Å². The molecule has 0 spiro atoms. The topological polar surface area (TPSA) is 78.0 Å². The Labute approximate surface area is 165 Å². The molecule has 0 N–H and O–H groups in total. The van der Waals surface area contributed by atoms with Crippen LogP contribution < -0.4 is 9.47 Å². The summed E-state index contributed by atoms with van der Waals surface area (Å²) in [5.74, 6) is 0.559. The fraction of sp³-hybridized carbons (Fsp3) is 0.250. The summed E-state index contributed by atoms with van der Waals surface area (Å²) in [5, 5.41) is 0. The summed E-state index contributed by atoms with van der Waals surface area (Å²) in [6.45, 7) is 1.10. The number of carbonyl (C=O) groups is 2. The molecule has 1 aliphatic heterocycles. The van der Waals surface area contributed by atoms with Crippen LogP contribution in [-0.2, 0) is 16.1 Å². The number of nitrogens with zero attached hydrogens (tertiary/aromatic N) is 2. The minimum atomic E-state index is -0.531. The minimum Gasteiger partial charge on any atom is -0.486 e. The number of hydrogen-bond donors (Lipinski definition) is 0. The van der Waals surface area contributed by atoms with E-state index in [1.165, 1.54) is 16.2 Å². The third kappa shape index (κ3) is 3.91. The lowest BCUT2D eigenvalue weighted by atomic mass is 10.2. The molecule has 0 unspecified atom stereocenters. The summed E-state index contributed by atoms with van der Waals surface area (Å²) in [5.41, 5.74) is 3.86. The van der Waals surface area contributed by atoms with Gasteiger partial charge in [-0.1, -0.05) is 6.07 Å². The van der Waals surface area contributed by atoms with Crippen molar-refractivity contribution in [3.8, 4) is 11.5 Å². The van der Waals surface area contributed by atoms with Crippen LogP contribution in [0, 0.1) is 0 Å². The highest BCUT2D eigenvalue weighted by Gasteiger charge is 2.16. The molecule has 7 nitrogen and oxygen atoms in total. The number of esters is 1. The van der Waals surface area contributed by atoms with Gasteiger partial charge in [0.25, 0.3) is 5.91 Å². The molecule has 2 aromatic carbocycles. The van der Waals surface area contributed by atoms with Crippen molar-refractivity contribution >= 4 is 33.4 Å². The van der Waals surface area contributed by atoms with Gasteiger partial charge < -0.3 is 19.1 Å². The number of ether oxygens (including phenoxy) is 3. The molecule has 0 bridgehead atoms. The van der Waals surface area contributed by atoms with Gasteiger partial charge in [0.2, 0.25) is 0 Å². The van der Waals surface area contributed by atoms with Crippen molar-refractivity contribution in [2.24, 2.45) is 0 Å². The monoisotopic (exact) mass is 398 g/mol. The van der Waals surface area contributed by atoms with E-state index in [2.05, 4.69) is 4.98 Å². The molecule has 0 atom stereocenters. The van der Waals surface area contributed by atoms with E-state index < -0.39 is 5.97 Å². The van der Waals surface area contributed by atoms with Gasteiger partial charge in [0.1, 0.15) is 13.2 Å². The highest BCUT2D eigenvalue weighted by molar-refractivity contribution is 7.16. The maximum atomic E-state index is 12.3. The van der Waals surface area contributed by atoms with E-state index in [4.69, 9.17) is 14.2 Å². The van der Waals surface area contributed by atoms with E-state index in [1.54, 1.807) is 30.8 Å². The van der Waals surface area contributed by atoms with Crippen molar-refractivity contribution in [2.75, 3.05) is 26.9 Å². The number of rotatable bonds is 5. The predicted octanol–water partition coefficient (Wildman–Crippen LogP) is 2.88. The van der Waals surface area contributed by atoms with Crippen LogP contribution in [0.4, 0.5) is 0 Å². The Balaban J connectivity index is 1.33. The summed E-state index contributed by atoms with van der Waals surface area (Å²) < 4.78 is 17.1. The molecule has 0 radical (unpaired) electrons. The molecule has 0 saturated heterocycles. The van der Waals surface area contributed by atoms with Crippen LogP contribution in [-0.4, -0.2) is 48.6 Å². The molecule has 3 aromatic rings. The van der Waals surface area contributed by atoms with E-state index in [9.17, 15) is 9.59 Å². The van der Waals surface area contributed by atoms with Gasteiger partial charge in [-0.2, -0.15) is 0 Å². The summed E-state index contributed by atoms with van der Waals surface area (Å²) in [6, 6.07) is 10.7. The molecular weight excluding hydrogens is 380 g/mol. The van der Waals surface area contributed by atoms with E-state index in [1.807, 2.05) is 18.2 Å². The van der Waals surface area contributed by atoms with Gasteiger partial charge >= 0.3 is 5.97 Å². The smallest absolute Gasteiger partial charge is 0.338 e. The summed E-state index contributed by atoms with van der Waals surface area (Å²) in [6.07, 6.45) is 0. The first-order chi connectivity index (χ1) is 13.6. The zero-order valence-electron chi connectivity index (χ0n) is 15.2. The maximum Gasteiger partial charge on any atom is 0.338 e. The SMILES string of the molecule is CN(Cc1ccc2c(c1)OCCO2)C(=O)COC(=O)c1ccc2ncsc2c1. The molecule has 4 rings (SSSR count). The molecule has 0 aliphatic carbocycles.